The summed E-state index contributed by atoms with van der Waals surface area (Å²) in [6, 6.07) is 19.3. The van der Waals surface area contributed by atoms with Crippen molar-refractivity contribution in [1.29, 1.82) is 0 Å². The van der Waals surface area contributed by atoms with Gasteiger partial charge in [0, 0.05) is 17.5 Å². The molecule has 8 nitrogen and oxygen atoms in total. The second kappa shape index (κ2) is 14.3. The number of imide groups is 1. The van der Waals surface area contributed by atoms with Crippen LogP contribution in [-0.2, 0) is 31.8 Å². The van der Waals surface area contributed by atoms with Crippen LogP contribution in [0.25, 0.3) is 28.5 Å². The molecule has 2 amide bonds. The van der Waals surface area contributed by atoms with E-state index in [0.717, 1.165) is 57.6 Å². The Morgan fingerprint density at radius 3 is 2.31 bits per heavy atom. The molecule has 1 saturated heterocycles. The Morgan fingerprint density at radius 1 is 0.981 bits per heavy atom. The minimum absolute atomic E-state index is 0.0189. The molecule has 2 aliphatic heterocycles. The Kier molecular flexibility index (Phi) is 9.91. The molecule has 2 atom stereocenters. The van der Waals surface area contributed by atoms with Gasteiger partial charge in [0.2, 0.25) is 0 Å². The van der Waals surface area contributed by atoms with Crippen molar-refractivity contribution in [1.82, 2.24) is 4.98 Å². The van der Waals surface area contributed by atoms with Crippen LogP contribution in [0.3, 0.4) is 0 Å². The summed E-state index contributed by atoms with van der Waals surface area (Å²) < 4.78 is 32.5. The molecule has 1 aromatic heterocycles. The number of pyridine rings is 1. The van der Waals surface area contributed by atoms with Crippen LogP contribution in [0, 0.1) is 5.82 Å². The summed E-state index contributed by atoms with van der Waals surface area (Å²) in [7, 11) is 0. The van der Waals surface area contributed by atoms with Crippen molar-refractivity contribution in [3.05, 3.63) is 112 Å². The van der Waals surface area contributed by atoms with Gasteiger partial charge in [0.1, 0.15) is 11.4 Å². The van der Waals surface area contributed by atoms with Gasteiger partial charge in [-0.15, -0.1) is 0 Å². The molecule has 280 valence electrons. The van der Waals surface area contributed by atoms with Crippen LogP contribution in [0.5, 0.6) is 0 Å². The molecule has 0 spiro atoms. The standard InChI is InChI=1S/C45H47FN2O6/c1-26(2)40-37(22-20-31-24-32(53-45(6,7)52-31)25-38(49)54-44(3,4)5)39(27-15-17-29(46)18-16-27)36-14-10-11-28-23-30(19-21-33(28)41(36)47-40)48-42(50)34-12-8-9-13-35(34)43(48)51/h8-9,12-13,15-23,26,31-32H,10-11,14,24-25H2,1-7H3/b22-20+/t31-,32-/m1/s1. The number of rotatable bonds is 7. The van der Waals surface area contributed by atoms with Gasteiger partial charge < -0.3 is 14.2 Å². The van der Waals surface area contributed by atoms with Gasteiger partial charge in [-0.3, -0.25) is 19.4 Å². The number of amides is 2. The summed E-state index contributed by atoms with van der Waals surface area (Å²) in [6.07, 6.45) is 6.14. The number of hydrogen-bond donors (Lipinski definition) is 0. The molecule has 4 aromatic rings. The molecule has 7 rings (SSSR count). The first-order valence-electron chi connectivity index (χ1n) is 18.8. The zero-order valence-electron chi connectivity index (χ0n) is 32.0. The molecular weight excluding hydrogens is 684 g/mol. The minimum atomic E-state index is -0.928. The van der Waals surface area contributed by atoms with E-state index in [1.807, 2.05) is 71.0 Å². The van der Waals surface area contributed by atoms with E-state index in [4.69, 9.17) is 19.2 Å². The molecule has 9 heteroatoms. The van der Waals surface area contributed by atoms with Gasteiger partial charge >= 0.3 is 5.97 Å². The number of halogens is 1. The maximum atomic E-state index is 14.4. The Morgan fingerprint density at radius 2 is 1.67 bits per heavy atom. The highest BCUT2D eigenvalue weighted by molar-refractivity contribution is 6.34. The molecule has 0 saturated carbocycles. The van der Waals surface area contributed by atoms with Gasteiger partial charge in [0.05, 0.1) is 46.8 Å². The lowest BCUT2D eigenvalue weighted by Crippen LogP contribution is -2.45. The van der Waals surface area contributed by atoms with E-state index in [-0.39, 0.29) is 42.0 Å². The van der Waals surface area contributed by atoms with Gasteiger partial charge in [-0.25, -0.2) is 9.29 Å². The van der Waals surface area contributed by atoms with Crippen LogP contribution in [-0.4, -0.2) is 46.4 Å². The number of hydrogen-bond acceptors (Lipinski definition) is 7. The predicted octanol–water partition coefficient (Wildman–Crippen LogP) is 9.62. The molecule has 0 bridgehead atoms. The number of esters is 1. The molecule has 1 fully saturated rings. The van der Waals surface area contributed by atoms with Crippen molar-refractivity contribution in [2.75, 3.05) is 4.90 Å². The smallest absolute Gasteiger partial charge is 0.308 e. The van der Waals surface area contributed by atoms with Crippen LogP contribution in [0.15, 0.2) is 72.8 Å². The van der Waals surface area contributed by atoms with Gasteiger partial charge in [-0.1, -0.05) is 56.3 Å². The summed E-state index contributed by atoms with van der Waals surface area (Å²) in [5.41, 5.74) is 8.26. The van der Waals surface area contributed by atoms with Gasteiger partial charge in [-0.05, 0) is 118 Å². The largest absolute Gasteiger partial charge is 0.460 e. The van der Waals surface area contributed by atoms with Crippen LogP contribution < -0.4 is 4.90 Å². The van der Waals surface area contributed by atoms with Crippen molar-refractivity contribution in [2.24, 2.45) is 0 Å². The van der Waals surface area contributed by atoms with Crippen LogP contribution in [0.1, 0.15) is 117 Å². The van der Waals surface area contributed by atoms with E-state index >= 15 is 0 Å². The van der Waals surface area contributed by atoms with E-state index in [1.165, 1.54) is 17.0 Å². The summed E-state index contributed by atoms with van der Waals surface area (Å²) in [5.74, 6) is -2.20. The lowest BCUT2D eigenvalue weighted by Gasteiger charge is -2.40. The molecular formula is C45H47FN2O6. The first-order valence-corrected chi connectivity index (χ1v) is 18.8. The third kappa shape index (κ3) is 7.52. The van der Waals surface area contributed by atoms with Crippen LogP contribution >= 0.6 is 0 Å². The lowest BCUT2D eigenvalue weighted by molar-refractivity contribution is -0.290. The Balaban J connectivity index is 1.30. The van der Waals surface area contributed by atoms with Crippen LogP contribution in [0.4, 0.5) is 10.1 Å². The fraction of sp³-hybridized carbons (Fsp3) is 0.378. The van der Waals surface area contributed by atoms with Gasteiger partial charge in [0.25, 0.3) is 11.8 Å². The fourth-order valence-corrected chi connectivity index (χ4v) is 7.88. The van der Waals surface area contributed by atoms with Crippen molar-refractivity contribution in [3.63, 3.8) is 0 Å². The maximum Gasteiger partial charge on any atom is 0.308 e. The van der Waals surface area contributed by atoms with Crippen molar-refractivity contribution < 1.29 is 33.0 Å². The number of anilines is 1. The van der Waals surface area contributed by atoms with E-state index in [9.17, 15) is 18.8 Å². The zero-order chi connectivity index (χ0) is 38.5. The molecule has 0 N–H and O–H groups in total. The normalized spacial score (nSPS) is 19.5. The first kappa shape index (κ1) is 37.3. The Bertz CT molecular complexity index is 2130. The monoisotopic (exact) mass is 730 g/mol. The minimum Gasteiger partial charge on any atom is -0.460 e. The number of carbonyl (C=O) groups excluding carboxylic acids is 3. The number of aromatic nitrogens is 1. The maximum absolute atomic E-state index is 14.4. The molecule has 0 unspecified atom stereocenters. The second-order valence-corrected chi connectivity index (χ2v) is 16.1. The summed E-state index contributed by atoms with van der Waals surface area (Å²) in [5, 5.41) is 0. The SMILES string of the molecule is CC(C)c1nc2c(c(-c3ccc(F)cc3)c1/C=C/[C@@H]1C[C@H](CC(=O)OC(C)(C)C)OC(C)(C)O1)CCCc1cc(N3C(=O)c4ccccc4C3=O)ccc1-2. The third-order valence-corrected chi connectivity index (χ3v) is 9.99. The Labute approximate surface area is 316 Å². The highest BCUT2D eigenvalue weighted by Crippen LogP contribution is 2.43. The van der Waals surface area contributed by atoms with Crippen molar-refractivity contribution in [3.8, 4) is 22.4 Å². The molecule has 54 heavy (non-hydrogen) atoms. The van der Waals surface area contributed by atoms with E-state index < -0.39 is 17.5 Å². The lowest BCUT2D eigenvalue weighted by atomic mass is 9.86. The van der Waals surface area contributed by atoms with Gasteiger partial charge in [-0.2, -0.15) is 0 Å². The fourth-order valence-electron chi connectivity index (χ4n) is 7.88. The number of benzene rings is 3. The molecule has 3 aliphatic rings. The number of nitrogens with zero attached hydrogens (tertiary/aromatic N) is 2. The first-order chi connectivity index (χ1) is 25.6. The van der Waals surface area contributed by atoms with Crippen molar-refractivity contribution >= 4 is 29.5 Å². The average Bonchev–Trinajstić information content (AvgIpc) is 3.22. The molecule has 3 aromatic carbocycles. The average molecular weight is 731 g/mol. The summed E-state index contributed by atoms with van der Waals surface area (Å²) >= 11 is 0. The van der Waals surface area contributed by atoms with Crippen LogP contribution in [0.2, 0.25) is 0 Å². The number of ether oxygens (including phenoxy) is 3. The number of fused-ring (bicyclic) bond motifs is 4. The molecule has 1 aliphatic carbocycles. The summed E-state index contributed by atoms with van der Waals surface area (Å²) in [6.45, 7) is 13.4. The van der Waals surface area contributed by atoms with E-state index in [1.54, 1.807) is 24.3 Å². The predicted molar refractivity (Wildman–Crippen MR) is 207 cm³/mol. The third-order valence-electron chi connectivity index (χ3n) is 9.99. The summed E-state index contributed by atoms with van der Waals surface area (Å²) in [4.78, 5) is 46.2. The molecule has 3 heterocycles. The number of aryl methyl sites for hydroxylation is 1. The zero-order valence-corrected chi connectivity index (χ0v) is 32.0. The number of carbonyl (C=O) groups is 3. The topological polar surface area (TPSA) is 95.0 Å². The second-order valence-electron chi connectivity index (χ2n) is 16.1. The highest BCUT2D eigenvalue weighted by atomic mass is 19.1. The Hall–Kier alpha value is -4.99. The quantitative estimate of drug-likeness (QED) is 0.138. The van der Waals surface area contributed by atoms with E-state index in [2.05, 4.69) is 19.9 Å². The van der Waals surface area contributed by atoms with Gasteiger partial charge in [0.15, 0.2) is 5.79 Å². The van der Waals surface area contributed by atoms with Crippen molar-refractivity contribution in [2.45, 2.75) is 110 Å². The molecule has 0 radical (unpaired) electrons. The van der Waals surface area contributed by atoms with E-state index in [0.29, 0.717) is 29.7 Å². The highest BCUT2D eigenvalue weighted by Gasteiger charge is 2.38.